The second kappa shape index (κ2) is 5.71. The van der Waals surface area contributed by atoms with Crippen molar-refractivity contribution in [1.82, 2.24) is 10.6 Å². The second-order valence-corrected chi connectivity index (χ2v) is 5.10. The van der Waals surface area contributed by atoms with E-state index in [2.05, 4.69) is 10.6 Å². The van der Waals surface area contributed by atoms with Crippen LogP contribution in [0, 0.1) is 0 Å². The van der Waals surface area contributed by atoms with E-state index < -0.39 is 0 Å². The fraction of sp³-hybridized carbons (Fsp3) is 0.417. The Bertz CT molecular complexity index is 399. The molecule has 2 N–H and O–H groups in total. The van der Waals surface area contributed by atoms with Crippen molar-refractivity contribution < 1.29 is 4.79 Å². The van der Waals surface area contributed by atoms with Crippen LogP contribution in [-0.2, 0) is 11.3 Å². The molecule has 0 radical (unpaired) electrons. The molecule has 0 heterocycles. The first-order valence-electron chi connectivity index (χ1n) is 5.58. The standard InChI is InChI=1S/C12H14Cl2N2O/c13-9-3-8(4-10(14)5-9)6-15-7-12(17)16-11-1-2-11/h3-5,11,15H,1-2,6-7H2,(H,16,17). The number of halogens is 2. The molecule has 0 saturated heterocycles. The summed E-state index contributed by atoms with van der Waals surface area (Å²) in [6.07, 6.45) is 2.21. The van der Waals surface area contributed by atoms with Gasteiger partial charge in [-0.25, -0.2) is 0 Å². The summed E-state index contributed by atoms with van der Waals surface area (Å²) < 4.78 is 0. The number of carbonyl (C=O) groups excluding carboxylic acids is 1. The van der Waals surface area contributed by atoms with E-state index in [1.807, 2.05) is 12.1 Å². The van der Waals surface area contributed by atoms with Crippen molar-refractivity contribution in [2.45, 2.75) is 25.4 Å². The van der Waals surface area contributed by atoms with Crippen LogP contribution in [0.5, 0.6) is 0 Å². The van der Waals surface area contributed by atoms with E-state index in [1.165, 1.54) is 0 Å². The Morgan fingerprint density at radius 1 is 1.24 bits per heavy atom. The van der Waals surface area contributed by atoms with Gasteiger partial charge in [0.1, 0.15) is 0 Å². The number of benzene rings is 1. The average Bonchev–Trinajstić information content (AvgIpc) is 3.00. The fourth-order valence-corrected chi connectivity index (χ4v) is 2.11. The molecule has 1 amide bonds. The third-order valence-electron chi connectivity index (χ3n) is 2.48. The maximum absolute atomic E-state index is 11.4. The van der Waals surface area contributed by atoms with E-state index in [4.69, 9.17) is 23.2 Å². The van der Waals surface area contributed by atoms with E-state index in [1.54, 1.807) is 6.07 Å². The number of rotatable bonds is 5. The fourth-order valence-electron chi connectivity index (χ4n) is 1.54. The summed E-state index contributed by atoms with van der Waals surface area (Å²) in [7, 11) is 0. The topological polar surface area (TPSA) is 41.1 Å². The van der Waals surface area contributed by atoms with Crippen molar-refractivity contribution in [1.29, 1.82) is 0 Å². The average molecular weight is 273 g/mol. The summed E-state index contributed by atoms with van der Waals surface area (Å²) in [5.41, 5.74) is 0.974. The minimum Gasteiger partial charge on any atom is -0.352 e. The van der Waals surface area contributed by atoms with Gasteiger partial charge in [0.25, 0.3) is 0 Å². The molecular formula is C12H14Cl2N2O. The summed E-state index contributed by atoms with van der Waals surface area (Å²) in [5, 5.41) is 7.19. The highest BCUT2D eigenvalue weighted by Gasteiger charge is 2.22. The van der Waals surface area contributed by atoms with Crippen LogP contribution < -0.4 is 10.6 Å². The number of hydrogen-bond acceptors (Lipinski definition) is 2. The van der Waals surface area contributed by atoms with Crippen molar-refractivity contribution in [3.05, 3.63) is 33.8 Å². The number of carbonyl (C=O) groups is 1. The van der Waals surface area contributed by atoms with Gasteiger partial charge in [0.05, 0.1) is 6.54 Å². The normalized spacial score (nSPS) is 14.7. The molecule has 0 bridgehead atoms. The van der Waals surface area contributed by atoms with Crippen LogP contribution in [0.2, 0.25) is 10.0 Å². The Morgan fingerprint density at radius 3 is 2.47 bits per heavy atom. The SMILES string of the molecule is O=C(CNCc1cc(Cl)cc(Cl)c1)NC1CC1. The molecule has 0 aromatic heterocycles. The van der Waals surface area contributed by atoms with Gasteiger partial charge >= 0.3 is 0 Å². The van der Waals surface area contributed by atoms with Crippen molar-refractivity contribution >= 4 is 29.1 Å². The minimum atomic E-state index is 0.0422. The molecular weight excluding hydrogens is 259 g/mol. The van der Waals surface area contributed by atoms with Crippen LogP contribution in [0.25, 0.3) is 0 Å². The van der Waals surface area contributed by atoms with Gasteiger partial charge in [-0.05, 0) is 36.6 Å². The molecule has 1 aliphatic rings. The van der Waals surface area contributed by atoms with Gasteiger partial charge in [-0.3, -0.25) is 4.79 Å². The maximum atomic E-state index is 11.4. The van der Waals surface area contributed by atoms with Crippen molar-refractivity contribution in [2.75, 3.05) is 6.54 Å². The molecule has 2 rings (SSSR count). The molecule has 1 aromatic rings. The molecule has 92 valence electrons. The lowest BCUT2D eigenvalue weighted by Gasteiger charge is -2.06. The van der Waals surface area contributed by atoms with E-state index in [0.29, 0.717) is 29.2 Å². The van der Waals surface area contributed by atoms with E-state index >= 15 is 0 Å². The largest absolute Gasteiger partial charge is 0.352 e. The zero-order valence-electron chi connectivity index (χ0n) is 9.30. The van der Waals surface area contributed by atoms with Gasteiger partial charge in [-0.2, -0.15) is 0 Å². The van der Waals surface area contributed by atoms with Gasteiger partial charge in [-0.15, -0.1) is 0 Å². The van der Waals surface area contributed by atoms with E-state index in [9.17, 15) is 4.79 Å². The summed E-state index contributed by atoms with van der Waals surface area (Å²) >= 11 is 11.8. The molecule has 1 aliphatic carbocycles. The predicted molar refractivity (Wildman–Crippen MR) is 69.3 cm³/mol. The third kappa shape index (κ3) is 4.54. The number of nitrogens with one attached hydrogen (secondary N) is 2. The van der Waals surface area contributed by atoms with Gasteiger partial charge in [-0.1, -0.05) is 23.2 Å². The molecule has 0 aliphatic heterocycles. The zero-order valence-corrected chi connectivity index (χ0v) is 10.8. The summed E-state index contributed by atoms with van der Waals surface area (Å²) in [5.74, 6) is 0.0422. The quantitative estimate of drug-likeness (QED) is 0.864. The van der Waals surface area contributed by atoms with Gasteiger partial charge < -0.3 is 10.6 Å². The van der Waals surface area contributed by atoms with Gasteiger partial charge in [0.2, 0.25) is 5.91 Å². The molecule has 0 atom stereocenters. The predicted octanol–water partition coefficient (Wildman–Crippen LogP) is 2.36. The highest BCUT2D eigenvalue weighted by molar-refractivity contribution is 6.34. The van der Waals surface area contributed by atoms with Crippen molar-refractivity contribution in [3.8, 4) is 0 Å². The molecule has 1 aromatic carbocycles. The lowest BCUT2D eigenvalue weighted by atomic mass is 10.2. The summed E-state index contributed by atoms with van der Waals surface area (Å²) in [6.45, 7) is 0.902. The Labute approximate surface area is 110 Å². The summed E-state index contributed by atoms with van der Waals surface area (Å²) in [6, 6.07) is 5.76. The van der Waals surface area contributed by atoms with E-state index in [0.717, 1.165) is 18.4 Å². The molecule has 17 heavy (non-hydrogen) atoms. The van der Waals surface area contributed by atoms with Crippen LogP contribution in [-0.4, -0.2) is 18.5 Å². The van der Waals surface area contributed by atoms with Gasteiger partial charge in [0.15, 0.2) is 0 Å². The highest BCUT2D eigenvalue weighted by atomic mass is 35.5. The van der Waals surface area contributed by atoms with Crippen LogP contribution in [0.3, 0.4) is 0 Å². The molecule has 1 saturated carbocycles. The molecule has 0 spiro atoms. The number of amides is 1. The van der Waals surface area contributed by atoms with Crippen molar-refractivity contribution in [2.24, 2.45) is 0 Å². The second-order valence-electron chi connectivity index (χ2n) is 4.22. The van der Waals surface area contributed by atoms with Crippen LogP contribution in [0.4, 0.5) is 0 Å². The maximum Gasteiger partial charge on any atom is 0.234 e. The number of hydrogen-bond donors (Lipinski definition) is 2. The Kier molecular flexibility index (Phi) is 4.26. The first kappa shape index (κ1) is 12.7. The molecule has 5 heteroatoms. The Hall–Kier alpha value is -0.770. The Balaban J connectivity index is 1.74. The Morgan fingerprint density at radius 2 is 1.88 bits per heavy atom. The highest BCUT2D eigenvalue weighted by Crippen LogP contribution is 2.19. The lowest BCUT2D eigenvalue weighted by Crippen LogP contribution is -2.34. The van der Waals surface area contributed by atoms with Crippen LogP contribution >= 0.6 is 23.2 Å². The smallest absolute Gasteiger partial charge is 0.234 e. The first-order chi connectivity index (χ1) is 8.13. The first-order valence-corrected chi connectivity index (χ1v) is 6.34. The lowest BCUT2D eigenvalue weighted by molar-refractivity contribution is -0.120. The van der Waals surface area contributed by atoms with Crippen molar-refractivity contribution in [3.63, 3.8) is 0 Å². The van der Waals surface area contributed by atoms with Gasteiger partial charge in [0, 0.05) is 22.6 Å². The monoisotopic (exact) mass is 272 g/mol. The van der Waals surface area contributed by atoms with Crippen LogP contribution in [0.15, 0.2) is 18.2 Å². The minimum absolute atomic E-state index is 0.0422. The zero-order chi connectivity index (χ0) is 12.3. The van der Waals surface area contributed by atoms with Crippen LogP contribution in [0.1, 0.15) is 18.4 Å². The molecule has 3 nitrogen and oxygen atoms in total. The molecule has 1 fully saturated rings. The summed E-state index contributed by atoms with van der Waals surface area (Å²) in [4.78, 5) is 11.4. The molecule has 0 unspecified atom stereocenters. The third-order valence-corrected chi connectivity index (χ3v) is 2.92. The van der Waals surface area contributed by atoms with E-state index in [-0.39, 0.29) is 5.91 Å².